The largest absolute Gasteiger partial charge is 0.337 e. The fourth-order valence-corrected chi connectivity index (χ4v) is 3.03. The number of imidazole rings is 1. The lowest BCUT2D eigenvalue weighted by molar-refractivity contribution is 0.0974. The summed E-state index contributed by atoms with van der Waals surface area (Å²) in [4.78, 5) is 3.22. The van der Waals surface area contributed by atoms with E-state index in [9.17, 15) is 0 Å². The molecule has 1 heterocycles. The zero-order valence-electron chi connectivity index (χ0n) is 11.5. The highest BCUT2D eigenvalue weighted by atomic mass is 32.1. The van der Waals surface area contributed by atoms with E-state index in [1.54, 1.807) is 0 Å². The molecule has 1 aliphatic rings. The average Bonchev–Trinajstić information content (AvgIpc) is 2.53. The smallest absolute Gasteiger partial charge is 0.177 e. The molecule has 3 heteroatoms. The van der Waals surface area contributed by atoms with Crippen molar-refractivity contribution in [3.63, 3.8) is 0 Å². The van der Waals surface area contributed by atoms with Crippen LogP contribution >= 0.6 is 12.2 Å². The van der Waals surface area contributed by atoms with Gasteiger partial charge in [-0.05, 0) is 36.9 Å². The molecule has 0 bridgehead atoms. The topological polar surface area (TPSA) is 20.7 Å². The quantitative estimate of drug-likeness (QED) is 0.790. The molecule has 17 heavy (non-hydrogen) atoms. The summed E-state index contributed by atoms with van der Waals surface area (Å²) in [5.74, 6) is 0. The normalized spacial score (nSPS) is 19.1. The van der Waals surface area contributed by atoms with Crippen LogP contribution in [0, 0.1) is 10.2 Å². The van der Waals surface area contributed by atoms with Crippen molar-refractivity contribution in [2.24, 2.45) is 5.41 Å². The van der Waals surface area contributed by atoms with Crippen LogP contribution < -0.4 is 0 Å². The van der Waals surface area contributed by atoms with E-state index in [0.29, 0.717) is 5.41 Å². The minimum atomic E-state index is 0.159. The second-order valence-corrected chi connectivity index (χ2v) is 6.91. The van der Waals surface area contributed by atoms with Crippen LogP contribution in [0.15, 0.2) is 6.20 Å². The van der Waals surface area contributed by atoms with Gasteiger partial charge in [-0.2, -0.15) is 0 Å². The molecule has 2 rings (SSSR count). The number of hydrogen-bond acceptors (Lipinski definition) is 1. The summed E-state index contributed by atoms with van der Waals surface area (Å²) in [7, 11) is 0. The molecule has 0 saturated heterocycles. The summed E-state index contributed by atoms with van der Waals surface area (Å²) in [6.45, 7) is 10.2. The lowest BCUT2D eigenvalue weighted by atomic mass is 9.67. The van der Waals surface area contributed by atoms with Crippen molar-refractivity contribution in [2.45, 2.75) is 65.3 Å². The van der Waals surface area contributed by atoms with Crippen molar-refractivity contribution in [2.75, 3.05) is 0 Å². The SMILES string of the molecule is CCC1(Cn2c(C(C)(C)C)c[nH]c2=S)CCC1. The van der Waals surface area contributed by atoms with Gasteiger partial charge < -0.3 is 9.55 Å². The van der Waals surface area contributed by atoms with E-state index in [4.69, 9.17) is 12.2 Å². The van der Waals surface area contributed by atoms with Crippen LogP contribution in [0.3, 0.4) is 0 Å². The van der Waals surface area contributed by atoms with Gasteiger partial charge in [0.25, 0.3) is 0 Å². The van der Waals surface area contributed by atoms with E-state index in [-0.39, 0.29) is 5.41 Å². The van der Waals surface area contributed by atoms with Crippen molar-refractivity contribution in [3.05, 3.63) is 16.7 Å². The average molecular weight is 252 g/mol. The summed E-state index contributed by atoms with van der Waals surface area (Å²) in [6.07, 6.45) is 7.46. The Morgan fingerprint density at radius 3 is 2.47 bits per heavy atom. The van der Waals surface area contributed by atoms with Gasteiger partial charge in [-0.3, -0.25) is 0 Å². The number of hydrogen-bond donors (Lipinski definition) is 1. The van der Waals surface area contributed by atoms with Crippen LogP contribution in [-0.2, 0) is 12.0 Å². The zero-order chi connectivity index (χ0) is 12.7. The molecular weight excluding hydrogens is 228 g/mol. The summed E-state index contributed by atoms with van der Waals surface area (Å²) >= 11 is 5.44. The maximum atomic E-state index is 5.44. The van der Waals surface area contributed by atoms with Gasteiger partial charge >= 0.3 is 0 Å². The molecule has 0 atom stereocenters. The molecule has 0 radical (unpaired) electrons. The highest BCUT2D eigenvalue weighted by Gasteiger charge is 2.36. The molecule has 2 nitrogen and oxygen atoms in total. The van der Waals surface area contributed by atoms with Crippen LogP contribution in [0.25, 0.3) is 0 Å². The first-order valence-electron chi connectivity index (χ1n) is 6.67. The van der Waals surface area contributed by atoms with Gasteiger partial charge in [0.1, 0.15) is 0 Å². The molecule has 0 unspecified atom stereocenters. The molecule has 1 aromatic rings. The van der Waals surface area contributed by atoms with Crippen molar-refractivity contribution >= 4 is 12.2 Å². The predicted molar refractivity (Wildman–Crippen MR) is 74.9 cm³/mol. The summed E-state index contributed by atoms with van der Waals surface area (Å²) in [5.41, 5.74) is 2.01. The van der Waals surface area contributed by atoms with Crippen molar-refractivity contribution in [3.8, 4) is 0 Å². The second kappa shape index (κ2) is 4.27. The van der Waals surface area contributed by atoms with Crippen LogP contribution in [0.1, 0.15) is 59.1 Å². The molecule has 0 aromatic carbocycles. The van der Waals surface area contributed by atoms with Crippen LogP contribution in [0.4, 0.5) is 0 Å². The number of aromatic nitrogens is 2. The summed E-state index contributed by atoms with van der Waals surface area (Å²) in [6, 6.07) is 0. The van der Waals surface area contributed by atoms with E-state index in [1.165, 1.54) is 31.4 Å². The Kier molecular flexibility index (Phi) is 3.23. The van der Waals surface area contributed by atoms with Crippen LogP contribution in [0.2, 0.25) is 0 Å². The molecule has 1 aromatic heterocycles. The Morgan fingerprint density at radius 1 is 1.41 bits per heavy atom. The number of nitrogens with one attached hydrogen (secondary N) is 1. The molecule has 96 valence electrons. The van der Waals surface area contributed by atoms with Gasteiger partial charge in [0.2, 0.25) is 0 Å². The molecule has 1 N–H and O–H groups in total. The summed E-state index contributed by atoms with van der Waals surface area (Å²) in [5, 5.41) is 0. The molecular formula is C14H24N2S. The van der Waals surface area contributed by atoms with Crippen molar-refractivity contribution in [1.82, 2.24) is 9.55 Å². The third-order valence-corrected chi connectivity index (χ3v) is 4.63. The first kappa shape index (κ1) is 12.9. The Bertz CT molecular complexity index is 438. The maximum absolute atomic E-state index is 5.44. The molecule has 0 spiro atoms. The number of H-pyrrole nitrogens is 1. The van der Waals surface area contributed by atoms with E-state index >= 15 is 0 Å². The fourth-order valence-electron chi connectivity index (χ4n) is 2.81. The summed E-state index contributed by atoms with van der Waals surface area (Å²) < 4.78 is 3.22. The second-order valence-electron chi connectivity index (χ2n) is 6.52. The number of nitrogens with zero attached hydrogens (tertiary/aromatic N) is 1. The standard InChI is InChI=1S/C14H24N2S/c1-5-14(7-6-8-14)10-16-11(13(2,3)4)9-15-12(16)17/h9H,5-8,10H2,1-4H3,(H,15,17). The molecule has 1 fully saturated rings. The van der Waals surface area contributed by atoms with Gasteiger partial charge in [0.15, 0.2) is 4.77 Å². The van der Waals surface area contributed by atoms with Crippen molar-refractivity contribution < 1.29 is 0 Å². The number of aromatic amines is 1. The minimum Gasteiger partial charge on any atom is -0.337 e. The maximum Gasteiger partial charge on any atom is 0.177 e. The third kappa shape index (κ3) is 2.35. The van der Waals surface area contributed by atoms with Gasteiger partial charge in [0.05, 0.1) is 0 Å². The van der Waals surface area contributed by atoms with E-state index in [1.807, 2.05) is 0 Å². The van der Waals surface area contributed by atoms with Crippen molar-refractivity contribution in [1.29, 1.82) is 0 Å². The third-order valence-electron chi connectivity index (χ3n) is 4.29. The Labute approximate surface area is 109 Å². The van der Waals surface area contributed by atoms with E-state index in [2.05, 4.69) is 43.4 Å². The lowest BCUT2D eigenvalue weighted by Crippen LogP contribution is -2.35. The van der Waals surface area contributed by atoms with E-state index in [0.717, 1.165) is 11.3 Å². The van der Waals surface area contributed by atoms with Gasteiger partial charge in [-0.15, -0.1) is 0 Å². The molecule has 0 amide bonds. The monoisotopic (exact) mass is 252 g/mol. The predicted octanol–water partition coefficient (Wildman–Crippen LogP) is 4.42. The Balaban J connectivity index is 2.32. The zero-order valence-corrected chi connectivity index (χ0v) is 12.3. The first-order valence-corrected chi connectivity index (χ1v) is 7.07. The minimum absolute atomic E-state index is 0.159. The van der Waals surface area contributed by atoms with E-state index < -0.39 is 0 Å². The number of rotatable bonds is 3. The van der Waals surface area contributed by atoms with Crippen LogP contribution in [-0.4, -0.2) is 9.55 Å². The van der Waals surface area contributed by atoms with Crippen LogP contribution in [0.5, 0.6) is 0 Å². The highest BCUT2D eigenvalue weighted by molar-refractivity contribution is 7.71. The first-order chi connectivity index (χ1) is 7.88. The molecule has 0 aliphatic heterocycles. The molecule has 1 saturated carbocycles. The Morgan fingerprint density at radius 2 is 2.06 bits per heavy atom. The Hall–Kier alpha value is -0.570. The van der Waals surface area contributed by atoms with Gasteiger partial charge in [-0.1, -0.05) is 34.1 Å². The van der Waals surface area contributed by atoms with Gasteiger partial charge in [0, 0.05) is 23.9 Å². The highest BCUT2D eigenvalue weighted by Crippen LogP contribution is 2.45. The lowest BCUT2D eigenvalue weighted by Gasteiger charge is -2.42. The fraction of sp³-hybridized carbons (Fsp3) is 0.786. The van der Waals surface area contributed by atoms with Gasteiger partial charge in [-0.25, -0.2) is 0 Å². The molecule has 1 aliphatic carbocycles.